The molecule has 2 N–H and O–H groups in total. The number of ether oxygens (including phenoxy) is 3. The normalized spacial score (nSPS) is 10.2. The largest absolute Gasteiger partial charge is 0.490 e. The van der Waals surface area contributed by atoms with E-state index in [1.54, 1.807) is 13.8 Å². The van der Waals surface area contributed by atoms with E-state index in [9.17, 15) is 19.7 Å². The molecule has 2 aromatic rings. The van der Waals surface area contributed by atoms with Crippen LogP contribution in [0.15, 0.2) is 30.3 Å². The number of halogens is 1. The third-order valence-corrected chi connectivity index (χ3v) is 4.18. The maximum absolute atomic E-state index is 12.6. The van der Waals surface area contributed by atoms with Crippen LogP contribution in [0, 0.1) is 10.1 Å². The summed E-state index contributed by atoms with van der Waals surface area (Å²) in [7, 11) is 0. The Bertz CT molecular complexity index is 954. The Morgan fingerprint density at radius 2 is 1.48 bits per heavy atom. The molecular formula is C20H22ClN3O7. The van der Waals surface area contributed by atoms with E-state index >= 15 is 0 Å². The first-order chi connectivity index (χ1) is 14.8. The third kappa shape index (κ3) is 5.98. The van der Waals surface area contributed by atoms with E-state index in [0.717, 1.165) is 12.1 Å². The number of hydrogen-bond donors (Lipinski definition) is 2. The molecule has 0 saturated carbocycles. The van der Waals surface area contributed by atoms with Crippen LogP contribution in [-0.4, -0.2) is 36.6 Å². The zero-order valence-corrected chi connectivity index (χ0v) is 17.9. The second-order valence-electron chi connectivity index (χ2n) is 5.93. The van der Waals surface area contributed by atoms with Crippen LogP contribution < -0.4 is 25.1 Å². The van der Waals surface area contributed by atoms with Crippen molar-refractivity contribution in [3.05, 3.63) is 56.6 Å². The van der Waals surface area contributed by atoms with Crippen LogP contribution in [0.25, 0.3) is 0 Å². The van der Waals surface area contributed by atoms with Gasteiger partial charge in [0.2, 0.25) is 5.75 Å². The molecule has 2 amide bonds. The molecule has 0 radical (unpaired) electrons. The van der Waals surface area contributed by atoms with Crippen LogP contribution in [-0.2, 0) is 0 Å². The molecule has 0 aliphatic rings. The van der Waals surface area contributed by atoms with E-state index in [0.29, 0.717) is 37.1 Å². The summed E-state index contributed by atoms with van der Waals surface area (Å²) in [6.45, 7) is 6.44. The van der Waals surface area contributed by atoms with Gasteiger partial charge in [-0.25, -0.2) is 0 Å². The zero-order valence-electron chi connectivity index (χ0n) is 17.2. The summed E-state index contributed by atoms with van der Waals surface area (Å²) in [4.78, 5) is 35.0. The Morgan fingerprint density at radius 1 is 0.935 bits per heavy atom. The predicted octanol–water partition coefficient (Wildman–Crippen LogP) is 3.52. The quantitative estimate of drug-likeness (QED) is 0.440. The molecule has 31 heavy (non-hydrogen) atoms. The standard InChI is InChI=1S/C20H22ClN3O7/c1-4-29-16-9-12(10-17(30-5-2)18(16)31-6-3)19(25)22-23-20(26)14-8-7-13(24(27)28)11-15(14)21/h7-11H,4-6H2,1-3H3,(H,22,25)(H,23,26). The fourth-order valence-corrected chi connectivity index (χ4v) is 2.84. The SMILES string of the molecule is CCOc1cc(C(=O)NNC(=O)c2ccc([N+](=O)[O-])cc2Cl)cc(OCC)c1OCC. The van der Waals surface area contributed by atoms with Crippen LogP contribution in [0.5, 0.6) is 17.2 Å². The number of rotatable bonds is 9. The average molecular weight is 452 g/mol. The van der Waals surface area contributed by atoms with Crippen molar-refractivity contribution >= 4 is 29.1 Å². The number of hydrogen-bond acceptors (Lipinski definition) is 7. The lowest BCUT2D eigenvalue weighted by molar-refractivity contribution is -0.384. The van der Waals surface area contributed by atoms with Crippen molar-refractivity contribution in [2.75, 3.05) is 19.8 Å². The Labute approximate surface area is 183 Å². The molecule has 0 atom stereocenters. The molecule has 2 aromatic carbocycles. The molecule has 0 aliphatic heterocycles. The number of nitro benzene ring substituents is 1. The number of carbonyl (C=O) groups is 2. The number of benzene rings is 2. The van der Waals surface area contributed by atoms with Gasteiger partial charge in [0.05, 0.1) is 35.3 Å². The fourth-order valence-electron chi connectivity index (χ4n) is 2.57. The summed E-state index contributed by atoms with van der Waals surface area (Å²) in [6, 6.07) is 6.32. The highest BCUT2D eigenvalue weighted by molar-refractivity contribution is 6.34. The first-order valence-corrected chi connectivity index (χ1v) is 9.81. The van der Waals surface area contributed by atoms with Crippen molar-refractivity contribution in [2.45, 2.75) is 20.8 Å². The molecule has 0 saturated heterocycles. The minimum Gasteiger partial charge on any atom is -0.490 e. The highest BCUT2D eigenvalue weighted by Crippen LogP contribution is 2.39. The Balaban J connectivity index is 2.21. The van der Waals surface area contributed by atoms with Crippen LogP contribution in [0.1, 0.15) is 41.5 Å². The molecule has 0 aliphatic carbocycles. The van der Waals surface area contributed by atoms with Crippen LogP contribution in [0.4, 0.5) is 5.69 Å². The molecule has 0 unspecified atom stereocenters. The smallest absolute Gasteiger partial charge is 0.271 e. The highest BCUT2D eigenvalue weighted by atomic mass is 35.5. The first kappa shape index (κ1) is 23.7. The number of amides is 2. The molecule has 0 aromatic heterocycles. The highest BCUT2D eigenvalue weighted by Gasteiger charge is 2.20. The van der Waals surface area contributed by atoms with E-state index in [4.69, 9.17) is 25.8 Å². The molecule has 0 heterocycles. The maximum atomic E-state index is 12.6. The van der Waals surface area contributed by atoms with Gasteiger partial charge in [-0.3, -0.25) is 30.6 Å². The van der Waals surface area contributed by atoms with Gasteiger partial charge in [-0.15, -0.1) is 0 Å². The molecule has 0 bridgehead atoms. The summed E-state index contributed by atoms with van der Waals surface area (Å²) < 4.78 is 16.7. The van der Waals surface area contributed by atoms with Gasteiger partial charge in [0.15, 0.2) is 11.5 Å². The first-order valence-electron chi connectivity index (χ1n) is 9.43. The fraction of sp³-hybridized carbons (Fsp3) is 0.300. The third-order valence-electron chi connectivity index (χ3n) is 3.87. The number of non-ortho nitro benzene ring substituents is 1. The van der Waals surface area contributed by atoms with Gasteiger partial charge in [0.25, 0.3) is 17.5 Å². The molecule has 11 heteroatoms. The van der Waals surface area contributed by atoms with Crippen LogP contribution in [0.2, 0.25) is 5.02 Å². The summed E-state index contributed by atoms with van der Waals surface area (Å²) in [5.74, 6) is -0.356. The summed E-state index contributed by atoms with van der Waals surface area (Å²) in [5.41, 5.74) is 4.36. The Morgan fingerprint density at radius 3 is 1.97 bits per heavy atom. The van der Waals surface area contributed by atoms with Gasteiger partial charge in [0, 0.05) is 17.7 Å². The minimum atomic E-state index is -0.741. The van der Waals surface area contributed by atoms with Crippen LogP contribution >= 0.6 is 11.6 Å². The molecule has 2 rings (SSSR count). The van der Waals surface area contributed by atoms with Gasteiger partial charge in [0.1, 0.15) is 0 Å². The zero-order chi connectivity index (χ0) is 23.0. The van der Waals surface area contributed by atoms with Gasteiger partial charge in [-0.05, 0) is 39.0 Å². The predicted molar refractivity (Wildman–Crippen MR) is 113 cm³/mol. The Hall–Kier alpha value is -3.53. The van der Waals surface area contributed by atoms with Gasteiger partial charge >= 0.3 is 0 Å². The second kappa shape index (κ2) is 11.0. The van der Waals surface area contributed by atoms with Gasteiger partial charge in [-0.2, -0.15) is 0 Å². The number of nitrogens with zero attached hydrogens (tertiary/aromatic N) is 1. The van der Waals surface area contributed by atoms with Crippen LogP contribution in [0.3, 0.4) is 0 Å². The number of nitrogens with one attached hydrogen (secondary N) is 2. The topological polar surface area (TPSA) is 129 Å². The van der Waals surface area contributed by atoms with E-state index in [1.807, 2.05) is 6.92 Å². The summed E-state index contributed by atoms with van der Waals surface area (Å²) in [6.07, 6.45) is 0. The molecule has 10 nitrogen and oxygen atoms in total. The number of nitro groups is 1. The van der Waals surface area contributed by atoms with E-state index in [2.05, 4.69) is 10.9 Å². The summed E-state index contributed by atoms with van der Waals surface area (Å²) >= 11 is 5.93. The van der Waals surface area contributed by atoms with E-state index < -0.39 is 16.7 Å². The van der Waals surface area contributed by atoms with Crippen molar-refractivity contribution in [1.29, 1.82) is 0 Å². The van der Waals surface area contributed by atoms with Crippen molar-refractivity contribution in [1.82, 2.24) is 10.9 Å². The summed E-state index contributed by atoms with van der Waals surface area (Å²) in [5, 5.41) is 10.7. The second-order valence-corrected chi connectivity index (χ2v) is 6.34. The lowest BCUT2D eigenvalue weighted by Crippen LogP contribution is -2.41. The van der Waals surface area contributed by atoms with Crippen molar-refractivity contribution < 1.29 is 28.7 Å². The monoisotopic (exact) mass is 451 g/mol. The lowest BCUT2D eigenvalue weighted by atomic mass is 10.1. The molecule has 0 spiro atoms. The van der Waals surface area contributed by atoms with E-state index in [1.165, 1.54) is 18.2 Å². The molecular weight excluding hydrogens is 430 g/mol. The van der Waals surface area contributed by atoms with Gasteiger partial charge < -0.3 is 14.2 Å². The molecule has 166 valence electrons. The lowest BCUT2D eigenvalue weighted by Gasteiger charge is -2.17. The number of carbonyl (C=O) groups excluding carboxylic acids is 2. The maximum Gasteiger partial charge on any atom is 0.271 e. The minimum absolute atomic E-state index is 0.0377. The average Bonchev–Trinajstić information content (AvgIpc) is 2.74. The van der Waals surface area contributed by atoms with Crippen molar-refractivity contribution in [2.24, 2.45) is 0 Å². The molecule has 0 fully saturated rings. The Kier molecular flexibility index (Phi) is 8.44. The van der Waals surface area contributed by atoms with Crippen molar-refractivity contribution in [3.8, 4) is 17.2 Å². The van der Waals surface area contributed by atoms with Crippen molar-refractivity contribution in [3.63, 3.8) is 0 Å². The van der Waals surface area contributed by atoms with Gasteiger partial charge in [-0.1, -0.05) is 11.6 Å². The number of hydrazine groups is 1. The van der Waals surface area contributed by atoms with E-state index in [-0.39, 0.29) is 21.8 Å².